The Morgan fingerprint density at radius 1 is 1.12 bits per heavy atom. The van der Waals surface area contributed by atoms with Gasteiger partial charge in [-0.25, -0.2) is 4.98 Å². The van der Waals surface area contributed by atoms with Crippen LogP contribution in [0.3, 0.4) is 0 Å². The Hall–Kier alpha value is -3.68. The smallest absolute Gasteiger partial charge is 0.329 e. The largest absolute Gasteiger partial charge is 0.457 e. The number of nitrogens with zero attached hydrogens (tertiary/aromatic N) is 3. The molecule has 0 amide bonds. The summed E-state index contributed by atoms with van der Waals surface area (Å²) in [6.07, 6.45) is 1.08. The standard InChI is InChI=1S/C17H15N5O3/c18-16-15(22(23)24)11-20-17(21-16)19-10-12-5-4-8-14(9-12)25-13-6-2-1-3-7-13/h1-9,11H,10H2,(H3,18,19,20,21). The van der Waals surface area contributed by atoms with Crippen molar-refractivity contribution in [1.82, 2.24) is 9.97 Å². The van der Waals surface area contributed by atoms with E-state index < -0.39 is 4.92 Å². The van der Waals surface area contributed by atoms with E-state index in [1.54, 1.807) is 0 Å². The second-order valence-corrected chi connectivity index (χ2v) is 5.14. The molecular weight excluding hydrogens is 322 g/mol. The number of nitrogen functional groups attached to an aromatic ring is 1. The van der Waals surface area contributed by atoms with Gasteiger partial charge in [0.1, 0.15) is 17.7 Å². The van der Waals surface area contributed by atoms with E-state index in [4.69, 9.17) is 10.5 Å². The van der Waals surface area contributed by atoms with Crippen molar-refractivity contribution in [2.75, 3.05) is 11.1 Å². The first-order valence-corrected chi connectivity index (χ1v) is 7.44. The summed E-state index contributed by atoms with van der Waals surface area (Å²) in [5.74, 6) is 1.50. The number of para-hydroxylation sites is 1. The van der Waals surface area contributed by atoms with Crippen LogP contribution in [-0.2, 0) is 6.54 Å². The predicted molar refractivity (Wildman–Crippen MR) is 93.4 cm³/mol. The number of anilines is 2. The number of ether oxygens (including phenoxy) is 1. The average Bonchev–Trinajstić information content (AvgIpc) is 2.61. The second-order valence-electron chi connectivity index (χ2n) is 5.14. The molecule has 0 saturated carbocycles. The van der Waals surface area contributed by atoms with Crippen LogP contribution in [0.25, 0.3) is 0 Å². The average molecular weight is 337 g/mol. The first-order chi connectivity index (χ1) is 12.1. The molecule has 0 saturated heterocycles. The SMILES string of the molecule is Nc1nc(NCc2cccc(Oc3ccccc3)c2)ncc1[N+](=O)[O-]. The van der Waals surface area contributed by atoms with Gasteiger partial charge in [-0.15, -0.1) is 0 Å². The number of aromatic nitrogens is 2. The Balaban J connectivity index is 1.66. The third-order valence-electron chi connectivity index (χ3n) is 3.32. The van der Waals surface area contributed by atoms with E-state index in [9.17, 15) is 10.1 Å². The minimum Gasteiger partial charge on any atom is -0.457 e. The van der Waals surface area contributed by atoms with E-state index in [1.807, 2.05) is 54.6 Å². The van der Waals surface area contributed by atoms with E-state index in [-0.39, 0.29) is 17.5 Å². The number of nitro groups is 1. The zero-order valence-electron chi connectivity index (χ0n) is 13.1. The first kappa shape index (κ1) is 16.2. The van der Waals surface area contributed by atoms with Crippen LogP contribution in [0.2, 0.25) is 0 Å². The molecule has 8 heteroatoms. The summed E-state index contributed by atoms with van der Waals surface area (Å²) in [5, 5.41) is 13.7. The highest BCUT2D eigenvalue weighted by atomic mass is 16.6. The summed E-state index contributed by atoms with van der Waals surface area (Å²) in [6, 6.07) is 17.0. The maximum Gasteiger partial charge on any atom is 0.329 e. The van der Waals surface area contributed by atoms with Crippen LogP contribution < -0.4 is 15.8 Å². The van der Waals surface area contributed by atoms with Crippen molar-refractivity contribution in [1.29, 1.82) is 0 Å². The molecule has 0 bridgehead atoms. The lowest BCUT2D eigenvalue weighted by Gasteiger charge is -2.09. The molecule has 3 aromatic rings. The molecule has 0 aliphatic heterocycles. The molecule has 2 aromatic carbocycles. The highest BCUT2D eigenvalue weighted by Gasteiger charge is 2.13. The summed E-state index contributed by atoms with van der Waals surface area (Å²) in [6.45, 7) is 0.420. The molecule has 1 heterocycles. The van der Waals surface area contributed by atoms with Crippen molar-refractivity contribution in [2.45, 2.75) is 6.54 Å². The van der Waals surface area contributed by atoms with Gasteiger partial charge in [0.2, 0.25) is 11.8 Å². The first-order valence-electron chi connectivity index (χ1n) is 7.44. The van der Waals surface area contributed by atoms with Crippen molar-refractivity contribution in [3.63, 3.8) is 0 Å². The topological polar surface area (TPSA) is 116 Å². The van der Waals surface area contributed by atoms with Gasteiger partial charge in [0, 0.05) is 6.54 Å². The van der Waals surface area contributed by atoms with Crippen LogP contribution in [0.5, 0.6) is 11.5 Å². The molecule has 3 rings (SSSR count). The molecule has 0 atom stereocenters. The summed E-state index contributed by atoms with van der Waals surface area (Å²) >= 11 is 0. The van der Waals surface area contributed by atoms with E-state index in [2.05, 4.69) is 15.3 Å². The molecular formula is C17H15N5O3. The monoisotopic (exact) mass is 337 g/mol. The normalized spacial score (nSPS) is 10.2. The Kier molecular flexibility index (Phi) is 4.70. The fourth-order valence-corrected chi connectivity index (χ4v) is 2.14. The number of hydrogen-bond acceptors (Lipinski definition) is 7. The molecule has 0 aliphatic rings. The van der Waals surface area contributed by atoms with Crippen LogP contribution in [-0.4, -0.2) is 14.9 Å². The number of hydrogen-bond donors (Lipinski definition) is 2. The van der Waals surface area contributed by atoms with Crippen molar-refractivity contribution >= 4 is 17.5 Å². The number of nitrogens with two attached hydrogens (primary N) is 1. The number of nitrogens with one attached hydrogen (secondary N) is 1. The number of rotatable bonds is 6. The third-order valence-corrected chi connectivity index (χ3v) is 3.32. The van der Waals surface area contributed by atoms with Crippen molar-refractivity contribution in [3.05, 3.63) is 76.5 Å². The Labute approximate surface area is 143 Å². The molecule has 25 heavy (non-hydrogen) atoms. The summed E-state index contributed by atoms with van der Waals surface area (Å²) < 4.78 is 5.78. The van der Waals surface area contributed by atoms with Gasteiger partial charge in [-0.05, 0) is 29.8 Å². The quantitative estimate of drug-likeness (QED) is 0.523. The molecule has 0 radical (unpaired) electrons. The highest BCUT2D eigenvalue weighted by Crippen LogP contribution is 2.22. The van der Waals surface area contributed by atoms with Crippen molar-refractivity contribution in [2.24, 2.45) is 0 Å². The van der Waals surface area contributed by atoms with Crippen molar-refractivity contribution in [3.8, 4) is 11.5 Å². The van der Waals surface area contributed by atoms with E-state index in [0.29, 0.717) is 12.3 Å². The Morgan fingerprint density at radius 3 is 2.60 bits per heavy atom. The van der Waals surface area contributed by atoms with Gasteiger partial charge in [0.25, 0.3) is 0 Å². The fraction of sp³-hybridized carbons (Fsp3) is 0.0588. The highest BCUT2D eigenvalue weighted by molar-refractivity contribution is 5.53. The van der Waals surface area contributed by atoms with E-state index >= 15 is 0 Å². The van der Waals surface area contributed by atoms with Gasteiger partial charge in [-0.3, -0.25) is 10.1 Å². The van der Waals surface area contributed by atoms with Crippen molar-refractivity contribution < 1.29 is 9.66 Å². The van der Waals surface area contributed by atoms with Crippen LogP contribution in [0.1, 0.15) is 5.56 Å². The molecule has 126 valence electrons. The maximum atomic E-state index is 10.7. The van der Waals surface area contributed by atoms with E-state index in [1.165, 1.54) is 0 Å². The zero-order valence-corrected chi connectivity index (χ0v) is 13.1. The molecule has 0 aliphatic carbocycles. The van der Waals surface area contributed by atoms with Gasteiger partial charge >= 0.3 is 5.69 Å². The number of benzene rings is 2. The minimum absolute atomic E-state index is 0.177. The summed E-state index contributed by atoms with van der Waals surface area (Å²) in [7, 11) is 0. The summed E-state index contributed by atoms with van der Waals surface area (Å²) in [5.41, 5.74) is 6.17. The summed E-state index contributed by atoms with van der Waals surface area (Å²) in [4.78, 5) is 17.9. The fourth-order valence-electron chi connectivity index (χ4n) is 2.14. The Morgan fingerprint density at radius 2 is 1.88 bits per heavy atom. The molecule has 1 aromatic heterocycles. The van der Waals surface area contributed by atoms with E-state index in [0.717, 1.165) is 17.5 Å². The second kappa shape index (κ2) is 7.26. The lowest BCUT2D eigenvalue weighted by molar-refractivity contribution is -0.384. The third kappa shape index (κ3) is 4.20. The molecule has 0 fully saturated rings. The van der Waals surface area contributed by atoms with Gasteiger partial charge in [0.05, 0.1) is 4.92 Å². The lowest BCUT2D eigenvalue weighted by atomic mass is 10.2. The minimum atomic E-state index is -0.622. The molecule has 0 spiro atoms. The maximum absolute atomic E-state index is 10.7. The zero-order chi connectivity index (χ0) is 17.6. The molecule has 8 nitrogen and oxygen atoms in total. The predicted octanol–water partition coefficient (Wildman–Crippen LogP) is 3.37. The van der Waals surface area contributed by atoms with Gasteiger partial charge < -0.3 is 15.8 Å². The van der Waals surface area contributed by atoms with Crippen LogP contribution in [0.4, 0.5) is 17.5 Å². The Bertz CT molecular complexity index is 886. The van der Waals surface area contributed by atoms with Crippen LogP contribution in [0, 0.1) is 10.1 Å². The van der Waals surface area contributed by atoms with Gasteiger partial charge in [-0.2, -0.15) is 4.98 Å². The van der Waals surface area contributed by atoms with Crippen LogP contribution >= 0.6 is 0 Å². The van der Waals surface area contributed by atoms with Crippen LogP contribution in [0.15, 0.2) is 60.8 Å². The molecule has 3 N–H and O–H groups in total. The van der Waals surface area contributed by atoms with Gasteiger partial charge in [-0.1, -0.05) is 30.3 Å². The molecule has 0 unspecified atom stereocenters. The lowest BCUT2D eigenvalue weighted by Crippen LogP contribution is -2.07. The van der Waals surface area contributed by atoms with Gasteiger partial charge in [0.15, 0.2) is 0 Å².